The molecule has 3 rings (SSSR count). The Bertz CT molecular complexity index is 740. The third kappa shape index (κ3) is 2.93. The number of carbonyl (C=O) groups is 2. The van der Waals surface area contributed by atoms with Crippen molar-refractivity contribution in [3.63, 3.8) is 0 Å². The van der Waals surface area contributed by atoms with Crippen molar-refractivity contribution in [2.75, 3.05) is 17.2 Å². The van der Waals surface area contributed by atoms with Crippen LogP contribution < -0.4 is 15.4 Å². The van der Waals surface area contributed by atoms with E-state index in [0.29, 0.717) is 17.0 Å². The molecule has 2 aromatic carbocycles. The Kier molecular flexibility index (Phi) is 3.78. The Hall–Kier alpha value is -2.82. The quantitative estimate of drug-likeness (QED) is 0.915. The maximum Gasteiger partial charge on any atom is 0.262 e. The second-order valence-corrected chi connectivity index (χ2v) is 5.06. The van der Waals surface area contributed by atoms with Gasteiger partial charge in [0.15, 0.2) is 6.61 Å². The van der Waals surface area contributed by atoms with Gasteiger partial charge in [0.2, 0.25) is 0 Å². The van der Waals surface area contributed by atoms with E-state index in [-0.39, 0.29) is 18.4 Å². The predicted octanol–water partition coefficient (Wildman–Crippen LogP) is 2.83. The van der Waals surface area contributed by atoms with Crippen molar-refractivity contribution >= 4 is 23.2 Å². The number of fused-ring (bicyclic) bond motifs is 1. The molecule has 0 aromatic heterocycles. The number of rotatable bonds is 3. The molecule has 1 aliphatic heterocycles. The van der Waals surface area contributed by atoms with Crippen molar-refractivity contribution in [3.8, 4) is 5.75 Å². The van der Waals surface area contributed by atoms with E-state index >= 15 is 0 Å². The molecule has 1 heterocycles. The number of amides is 2. The summed E-state index contributed by atoms with van der Waals surface area (Å²) >= 11 is 0. The summed E-state index contributed by atoms with van der Waals surface area (Å²) in [6.45, 7) is 2.06. The molecule has 0 bridgehead atoms. The minimum atomic E-state index is -0.226. The molecule has 22 heavy (non-hydrogen) atoms. The van der Waals surface area contributed by atoms with Crippen LogP contribution in [-0.2, 0) is 11.2 Å². The number of ether oxygens (including phenoxy) is 1. The number of anilines is 2. The number of hydrogen-bond acceptors (Lipinski definition) is 3. The predicted molar refractivity (Wildman–Crippen MR) is 84.3 cm³/mol. The summed E-state index contributed by atoms with van der Waals surface area (Å²) in [5, 5.41) is 5.55. The Labute approximate surface area is 128 Å². The Morgan fingerprint density at radius 2 is 2.14 bits per heavy atom. The van der Waals surface area contributed by atoms with Gasteiger partial charge in [-0.15, -0.1) is 0 Å². The summed E-state index contributed by atoms with van der Waals surface area (Å²) in [6, 6.07) is 12.7. The first-order valence-corrected chi connectivity index (χ1v) is 7.12. The molecule has 0 saturated carbocycles. The van der Waals surface area contributed by atoms with E-state index in [1.54, 1.807) is 18.2 Å². The fourth-order valence-corrected chi connectivity index (χ4v) is 2.30. The van der Waals surface area contributed by atoms with Crippen LogP contribution in [0.25, 0.3) is 0 Å². The molecule has 0 aliphatic carbocycles. The Balaban J connectivity index is 1.80. The van der Waals surface area contributed by atoms with Crippen molar-refractivity contribution in [3.05, 3.63) is 53.6 Å². The molecule has 2 aromatic rings. The average Bonchev–Trinajstić information content (AvgIpc) is 2.54. The highest BCUT2D eigenvalue weighted by molar-refractivity contribution is 6.06. The normalized spacial score (nSPS) is 12.9. The monoisotopic (exact) mass is 296 g/mol. The van der Waals surface area contributed by atoms with Gasteiger partial charge in [-0.25, -0.2) is 0 Å². The van der Waals surface area contributed by atoms with Gasteiger partial charge in [0.05, 0.1) is 5.69 Å². The van der Waals surface area contributed by atoms with Crippen molar-refractivity contribution in [1.29, 1.82) is 0 Å². The lowest BCUT2D eigenvalue weighted by atomic mass is 10.1. The number of hydrogen-bond donors (Lipinski definition) is 2. The molecular weight excluding hydrogens is 280 g/mol. The second-order valence-electron chi connectivity index (χ2n) is 5.06. The van der Waals surface area contributed by atoms with Gasteiger partial charge in [0, 0.05) is 11.3 Å². The number of carbonyl (C=O) groups excluding carboxylic acids is 2. The lowest BCUT2D eigenvalue weighted by molar-refractivity contribution is -0.118. The number of aryl methyl sites for hydroxylation is 1. The Morgan fingerprint density at radius 1 is 1.27 bits per heavy atom. The summed E-state index contributed by atoms with van der Waals surface area (Å²) in [5.41, 5.74) is 2.89. The van der Waals surface area contributed by atoms with E-state index in [1.165, 1.54) is 0 Å². The van der Waals surface area contributed by atoms with Crippen LogP contribution in [0.3, 0.4) is 0 Å². The molecule has 0 radical (unpaired) electrons. The molecule has 1 aliphatic rings. The summed E-state index contributed by atoms with van der Waals surface area (Å²) in [6.07, 6.45) is 0.909. The minimum absolute atomic E-state index is 0.00233. The highest BCUT2D eigenvalue weighted by Crippen LogP contribution is 2.28. The molecule has 0 spiro atoms. The molecule has 2 amide bonds. The molecule has 112 valence electrons. The van der Waals surface area contributed by atoms with Gasteiger partial charge in [0.25, 0.3) is 11.8 Å². The standard InChI is InChI=1S/C17H16N2O3/c1-2-11-4-3-5-13(8-11)18-17(21)12-6-7-15-14(9-12)19-16(20)10-22-15/h3-9H,2,10H2,1H3,(H,18,21)(H,19,20). The van der Waals surface area contributed by atoms with Crippen LogP contribution in [0, 0.1) is 0 Å². The minimum Gasteiger partial charge on any atom is -0.482 e. The number of benzene rings is 2. The van der Waals surface area contributed by atoms with Crippen molar-refractivity contribution < 1.29 is 14.3 Å². The molecule has 5 heteroatoms. The summed E-state index contributed by atoms with van der Waals surface area (Å²) < 4.78 is 5.28. The topological polar surface area (TPSA) is 67.4 Å². The van der Waals surface area contributed by atoms with Crippen LogP contribution in [0.1, 0.15) is 22.8 Å². The molecule has 2 N–H and O–H groups in total. The molecule has 0 saturated heterocycles. The molecule has 5 nitrogen and oxygen atoms in total. The average molecular weight is 296 g/mol. The Morgan fingerprint density at radius 3 is 2.95 bits per heavy atom. The summed E-state index contributed by atoms with van der Waals surface area (Å²) in [7, 11) is 0. The van der Waals surface area contributed by atoms with Gasteiger partial charge in [-0.2, -0.15) is 0 Å². The lowest BCUT2D eigenvalue weighted by Crippen LogP contribution is -2.25. The van der Waals surface area contributed by atoms with Crippen LogP contribution in [0.5, 0.6) is 5.75 Å². The van der Waals surface area contributed by atoms with Crippen molar-refractivity contribution in [2.45, 2.75) is 13.3 Å². The zero-order chi connectivity index (χ0) is 15.5. The highest BCUT2D eigenvalue weighted by atomic mass is 16.5. The van der Waals surface area contributed by atoms with E-state index < -0.39 is 0 Å². The van der Waals surface area contributed by atoms with Gasteiger partial charge < -0.3 is 15.4 Å². The summed E-state index contributed by atoms with van der Waals surface area (Å²) in [5.74, 6) is 0.126. The van der Waals surface area contributed by atoms with Gasteiger partial charge in [-0.05, 0) is 42.3 Å². The molecule has 0 unspecified atom stereocenters. The molecule has 0 atom stereocenters. The van der Waals surface area contributed by atoms with E-state index in [1.807, 2.05) is 24.3 Å². The van der Waals surface area contributed by atoms with E-state index in [2.05, 4.69) is 17.6 Å². The first-order chi connectivity index (χ1) is 10.7. The van der Waals surface area contributed by atoms with Crippen LogP contribution in [0.15, 0.2) is 42.5 Å². The van der Waals surface area contributed by atoms with E-state index in [0.717, 1.165) is 17.7 Å². The zero-order valence-corrected chi connectivity index (χ0v) is 12.2. The SMILES string of the molecule is CCc1cccc(NC(=O)c2ccc3c(c2)NC(=O)CO3)c1. The maximum atomic E-state index is 12.3. The largest absolute Gasteiger partial charge is 0.482 e. The lowest BCUT2D eigenvalue weighted by Gasteiger charge is -2.18. The highest BCUT2D eigenvalue weighted by Gasteiger charge is 2.17. The van der Waals surface area contributed by atoms with Crippen LogP contribution >= 0.6 is 0 Å². The molecule has 0 fully saturated rings. The van der Waals surface area contributed by atoms with Crippen LogP contribution in [0.4, 0.5) is 11.4 Å². The van der Waals surface area contributed by atoms with Crippen molar-refractivity contribution in [2.24, 2.45) is 0 Å². The van der Waals surface area contributed by atoms with Crippen LogP contribution in [0.2, 0.25) is 0 Å². The van der Waals surface area contributed by atoms with Crippen molar-refractivity contribution in [1.82, 2.24) is 0 Å². The van der Waals surface area contributed by atoms with Crippen LogP contribution in [-0.4, -0.2) is 18.4 Å². The van der Waals surface area contributed by atoms with Gasteiger partial charge >= 0.3 is 0 Å². The fourth-order valence-electron chi connectivity index (χ4n) is 2.30. The first-order valence-electron chi connectivity index (χ1n) is 7.12. The third-order valence-electron chi connectivity index (χ3n) is 3.47. The summed E-state index contributed by atoms with van der Waals surface area (Å²) in [4.78, 5) is 23.6. The maximum absolute atomic E-state index is 12.3. The third-order valence-corrected chi connectivity index (χ3v) is 3.47. The first kappa shape index (κ1) is 14.1. The number of nitrogens with one attached hydrogen (secondary N) is 2. The van der Waals surface area contributed by atoms with E-state index in [9.17, 15) is 9.59 Å². The van der Waals surface area contributed by atoms with Gasteiger partial charge in [0.1, 0.15) is 5.75 Å². The van der Waals surface area contributed by atoms with E-state index in [4.69, 9.17) is 4.74 Å². The second kappa shape index (κ2) is 5.89. The zero-order valence-electron chi connectivity index (χ0n) is 12.2. The molecular formula is C17H16N2O3. The smallest absolute Gasteiger partial charge is 0.262 e. The van der Waals surface area contributed by atoms with Gasteiger partial charge in [-0.1, -0.05) is 19.1 Å². The fraction of sp³-hybridized carbons (Fsp3) is 0.176. The van der Waals surface area contributed by atoms with Gasteiger partial charge in [-0.3, -0.25) is 9.59 Å².